The van der Waals surface area contributed by atoms with Crippen molar-refractivity contribution in [1.82, 2.24) is 5.32 Å². The monoisotopic (exact) mass is 365 g/mol. The van der Waals surface area contributed by atoms with E-state index in [4.69, 9.17) is 27.9 Å². The van der Waals surface area contributed by atoms with Crippen LogP contribution in [0.2, 0.25) is 10.0 Å². The Hall–Kier alpha value is -1.59. The summed E-state index contributed by atoms with van der Waals surface area (Å²) in [4.78, 5) is 12.4. The topological polar surface area (TPSA) is 58.6 Å². The summed E-state index contributed by atoms with van der Waals surface area (Å²) in [5.41, 5.74) is 2.51. The van der Waals surface area contributed by atoms with Crippen LogP contribution in [0.15, 0.2) is 42.5 Å². The molecule has 1 aliphatic heterocycles. The van der Waals surface area contributed by atoms with Crippen molar-refractivity contribution in [3.05, 3.63) is 69.2 Å². The molecule has 1 heterocycles. The zero-order chi connectivity index (χ0) is 17.1. The lowest BCUT2D eigenvalue weighted by Crippen LogP contribution is -2.36. The van der Waals surface area contributed by atoms with Gasteiger partial charge in [0.1, 0.15) is 0 Å². The molecule has 1 aliphatic rings. The highest BCUT2D eigenvalue weighted by Gasteiger charge is 2.27. The molecular formula is C18H17Cl2NO3. The van der Waals surface area contributed by atoms with Crippen LogP contribution >= 0.6 is 23.2 Å². The molecular weight excluding hydrogens is 349 g/mol. The van der Waals surface area contributed by atoms with Crippen molar-refractivity contribution in [3.8, 4) is 0 Å². The van der Waals surface area contributed by atoms with Crippen LogP contribution < -0.4 is 5.32 Å². The van der Waals surface area contributed by atoms with Gasteiger partial charge in [0.2, 0.25) is 0 Å². The molecule has 3 rings (SSSR count). The first-order valence-corrected chi connectivity index (χ1v) is 8.42. The summed E-state index contributed by atoms with van der Waals surface area (Å²) in [6.45, 7) is 0.545. The molecule has 2 atom stereocenters. The summed E-state index contributed by atoms with van der Waals surface area (Å²) in [6, 6.07) is 12.6. The molecule has 0 fully saturated rings. The maximum absolute atomic E-state index is 12.4. The van der Waals surface area contributed by atoms with Gasteiger partial charge in [-0.05, 0) is 29.7 Å². The lowest BCUT2D eigenvalue weighted by Gasteiger charge is -2.25. The first kappa shape index (κ1) is 17.2. The number of fused-ring (bicyclic) bond motifs is 1. The lowest BCUT2D eigenvalue weighted by atomic mass is 9.97. The van der Waals surface area contributed by atoms with Crippen molar-refractivity contribution in [2.45, 2.75) is 18.6 Å². The quantitative estimate of drug-likeness (QED) is 0.872. The molecule has 0 radical (unpaired) electrons. The number of aliphatic hydroxyl groups is 1. The summed E-state index contributed by atoms with van der Waals surface area (Å²) in [5, 5.41) is 13.8. The second-order valence-electron chi connectivity index (χ2n) is 5.63. The van der Waals surface area contributed by atoms with E-state index in [-0.39, 0.29) is 12.5 Å². The molecule has 4 nitrogen and oxygen atoms in total. The maximum Gasteiger partial charge on any atom is 0.253 e. The van der Waals surface area contributed by atoms with Gasteiger partial charge in [-0.2, -0.15) is 0 Å². The Kier molecular flexibility index (Phi) is 5.41. The van der Waals surface area contributed by atoms with Crippen LogP contribution in [0.4, 0.5) is 0 Å². The third-order valence-electron chi connectivity index (χ3n) is 4.02. The molecule has 6 heteroatoms. The molecule has 0 spiro atoms. The van der Waals surface area contributed by atoms with Gasteiger partial charge >= 0.3 is 0 Å². The SMILES string of the molecule is O=C(NC[C@H](O)c1ccc(Cl)cc1Cl)[C@@H]1OCCc2ccccc21. The molecule has 0 saturated heterocycles. The van der Waals surface area contributed by atoms with Gasteiger partial charge in [-0.15, -0.1) is 0 Å². The number of hydrogen-bond acceptors (Lipinski definition) is 3. The van der Waals surface area contributed by atoms with Crippen LogP contribution in [0.3, 0.4) is 0 Å². The van der Waals surface area contributed by atoms with E-state index in [1.165, 1.54) is 0 Å². The maximum atomic E-state index is 12.4. The zero-order valence-electron chi connectivity index (χ0n) is 12.8. The summed E-state index contributed by atoms with van der Waals surface area (Å²) >= 11 is 11.9. The first-order chi connectivity index (χ1) is 11.6. The molecule has 2 aromatic rings. The Balaban J connectivity index is 1.66. The highest BCUT2D eigenvalue weighted by atomic mass is 35.5. The Morgan fingerprint density at radius 2 is 2.08 bits per heavy atom. The standard InChI is InChI=1S/C18H17Cl2NO3/c19-12-5-6-14(15(20)9-12)16(22)10-21-18(23)17-13-4-2-1-3-11(13)7-8-24-17/h1-6,9,16-17,22H,7-8,10H2,(H,21,23)/t16-,17+/m0/s1. The molecule has 0 bridgehead atoms. The van der Waals surface area contributed by atoms with Gasteiger partial charge in [-0.1, -0.05) is 53.5 Å². The smallest absolute Gasteiger partial charge is 0.253 e. The third kappa shape index (κ3) is 3.73. The summed E-state index contributed by atoms with van der Waals surface area (Å²) in [5.74, 6) is -0.272. The fourth-order valence-corrected chi connectivity index (χ4v) is 3.32. The van der Waals surface area contributed by atoms with E-state index in [9.17, 15) is 9.90 Å². The Labute approximate surface area is 150 Å². The van der Waals surface area contributed by atoms with E-state index in [2.05, 4.69) is 5.32 Å². The van der Waals surface area contributed by atoms with Crippen molar-refractivity contribution >= 4 is 29.1 Å². The number of halogens is 2. The molecule has 0 aliphatic carbocycles. The van der Waals surface area contributed by atoms with Crippen molar-refractivity contribution in [2.24, 2.45) is 0 Å². The highest BCUT2D eigenvalue weighted by Crippen LogP contribution is 2.28. The Morgan fingerprint density at radius 3 is 2.88 bits per heavy atom. The number of ether oxygens (including phenoxy) is 1. The van der Waals surface area contributed by atoms with Gasteiger partial charge in [0.05, 0.1) is 12.7 Å². The minimum atomic E-state index is -0.919. The third-order valence-corrected chi connectivity index (χ3v) is 4.59. The van der Waals surface area contributed by atoms with Crippen molar-refractivity contribution < 1.29 is 14.6 Å². The fourth-order valence-electron chi connectivity index (χ4n) is 2.78. The van der Waals surface area contributed by atoms with Crippen molar-refractivity contribution in [3.63, 3.8) is 0 Å². The van der Waals surface area contributed by atoms with Gasteiger partial charge in [-0.3, -0.25) is 4.79 Å². The summed E-state index contributed by atoms with van der Waals surface area (Å²) < 4.78 is 5.61. The molecule has 2 aromatic carbocycles. The summed E-state index contributed by atoms with van der Waals surface area (Å²) in [6.07, 6.45) is -0.774. The Bertz CT molecular complexity index is 751. The zero-order valence-corrected chi connectivity index (χ0v) is 14.3. The van der Waals surface area contributed by atoms with Crippen molar-refractivity contribution in [1.29, 1.82) is 0 Å². The Morgan fingerprint density at radius 1 is 1.29 bits per heavy atom. The molecule has 0 aromatic heterocycles. The number of benzene rings is 2. The van der Waals surface area contributed by atoms with E-state index in [0.717, 1.165) is 17.5 Å². The van der Waals surface area contributed by atoms with Crippen LogP contribution in [0.5, 0.6) is 0 Å². The second-order valence-corrected chi connectivity index (χ2v) is 6.47. The lowest BCUT2D eigenvalue weighted by molar-refractivity contribution is -0.134. The van der Waals surface area contributed by atoms with Crippen LogP contribution in [0.25, 0.3) is 0 Å². The molecule has 126 valence electrons. The van der Waals surface area contributed by atoms with Gasteiger partial charge < -0.3 is 15.2 Å². The van der Waals surface area contributed by atoms with E-state index < -0.39 is 12.2 Å². The predicted molar refractivity (Wildman–Crippen MR) is 93.3 cm³/mol. The van der Waals surface area contributed by atoms with Gasteiger partial charge in [0.15, 0.2) is 6.10 Å². The number of hydrogen-bond donors (Lipinski definition) is 2. The van der Waals surface area contributed by atoms with Crippen molar-refractivity contribution in [2.75, 3.05) is 13.2 Å². The predicted octanol–water partition coefficient (Wildman–Crippen LogP) is 3.46. The molecule has 2 N–H and O–H groups in total. The van der Waals surface area contributed by atoms with Crippen LogP contribution in [0, 0.1) is 0 Å². The number of carbonyl (C=O) groups is 1. The van der Waals surface area contributed by atoms with E-state index in [1.54, 1.807) is 18.2 Å². The number of rotatable bonds is 4. The minimum absolute atomic E-state index is 0.0439. The number of carbonyl (C=O) groups excluding carboxylic acids is 1. The molecule has 0 saturated carbocycles. The molecule has 1 amide bonds. The van der Waals surface area contributed by atoms with E-state index in [0.29, 0.717) is 22.2 Å². The van der Waals surface area contributed by atoms with Crippen LogP contribution in [0.1, 0.15) is 28.9 Å². The van der Waals surface area contributed by atoms with E-state index >= 15 is 0 Å². The molecule has 24 heavy (non-hydrogen) atoms. The van der Waals surface area contributed by atoms with Crippen LogP contribution in [-0.4, -0.2) is 24.2 Å². The second kappa shape index (κ2) is 7.53. The molecule has 0 unspecified atom stereocenters. The average molecular weight is 366 g/mol. The normalized spacial score (nSPS) is 17.9. The first-order valence-electron chi connectivity index (χ1n) is 7.66. The number of aliphatic hydroxyl groups excluding tert-OH is 1. The van der Waals surface area contributed by atoms with Gasteiger partial charge in [0.25, 0.3) is 5.91 Å². The highest BCUT2D eigenvalue weighted by molar-refractivity contribution is 6.35. The van der Waals surface area contributed by atoms with E-state index in [1.807, 2.05) is 24.3 Å². The van der Waals surface area contributed by atoms with Gasteiger partial charge in [-0.25, -0.2) is 0 Å². The number of amides is 1. The summed E-state index contributed by atoms with van der Waals surface area (Å²) in [7, 11) is 0. The van der Waals surface area contributed by atoms with Gasteiger partial charge in [0, 0.05) is 22.2 Å². The fraction of sp³-hybridized carbons (Fsp3) is 0.278. The minimum Gasteiger partial charge on any atom is -0.387 e. The van der Waals surface area contributed by atoms with Crippen LogP contribution in [-0.2, 0) is 16.0 Å². The number of nitrogens with one attached hydrogen (secondary N) is 1. The largest absolute Gasteiger partial charge is 0.387 e. The average Bonchev–Trinajstić information content (AvgIpc) is 2.59.